The number of hydrogen-bond acceptors (Lipinski definition) is 5. The van der Waals surface area contributed by atoms with E-state index in [-0.39, 0.29) is 12.1 Å². The van der Waals surface area contributed by atoms with Gasteiger partial charge >= 0.3 is 6.03 Å². The summed E-state index contributed by atoms with van der Waals surface area (Å²) in [6.45, 7) is 3.77. The van der Waals surface area contributed by atoms with Gasteiger partial charge in [0.15, 0.2) is 17.3 Å². The van der Waals surface area contributed by atoms with Crippen molar-refractivity contribution in [2.45, 2.75) is 38.1 Å². The molecule has 3 heterocycles. The van der Waals surface area contributed by atoms with Crippen LogP contribution in [0.15, 0.2) is 18.2 Å². The fourth-order valence-electron chi connectivity index (χ4n) is 3.80. The lowest BCUT2D eigenvalue weighted by Crippen LogP contribution is -2.50. The number of amides is 2. The van der Waals surface area contributed by atoms with Crippen LogP contribution in [0.5, 0.6) is 11.5 Å². The predicted molar refractivity (Wildman–Crippen MR) is 99.2 cm³/mol. The Labute approximate surface area is 158 Å². The average Bonchev–Trinajstić information content (AvgIpc) is 3.13. The first-order valence-electron chi connectivity index (χ1n) is 9.37. The topological polar surface area (TPSA) is 92.4 Å². The van der Waals surface area contributed by atoms with Gasteiger partial charge in [0.2, 0.25) is 0 Å². The Hall–Kier alpha value is -2.77. The van der Waals surface area contributed by atoms with Gasteiger partial charge in [-0.2, -0.15) is 5.10 Å². The van der Waals surface area contributed by atoms with E-state index in [1.54, 1.807) is 7.11 Å². The van der Waals surface area contributed by atoms with Crippen LogP contribution in [-0.4, -0.2) is 59.0 Å². The van der Waals surface area contributed by atoms with Crippen molar-refractivity contribution in [1.82, 2.24) is 25.4 Å². The summed E-state index contributed by atoms with van der Waals surface area (Å²) in [6.07, 6.45) is 2.50. The summed E-state index contributed by atoms with van der Waals surface area (Å²) in [4.78, 5) is 18.9. The van der Waals surface area contributed by atoms with Crippen molar-refractivity contribution in [3.8, 4) is 11.5 Å². The second-order valence-electron chi connectivity index (χ2n) is 7.15. The van der Waals surface area contributed by atoms with Crippen molar-refractivity contribution in [3.05, 3.63) is 35.4 Å². The van der Waals surface area contributed by atoms with E-state index in [9.17, 15) is 4.79 Å². The van der Waals surface area contributed by atoms with Crippen molar-refractivity contribution in [3.63, 3.8) is 0 Å². The van der Waals surface area contributed by atoms with Crippen LogP contribution in [0.3, 0.4) is 0 Å². The van der Waals surface area contributed by atoms with Gasteiger partial charge < -0.3 is 19.7 Å². The molecule has 2 aromatic rings. The minimum absolute atomic E-state index is 0.0282. The first-order chi connectivity index (χ1) is 13.1. The van der Waals surface area contributed by atoms with E-state index < -0.39 is 0 Å². The largest absolute Gasteiger partial charge is 0.493 e. The Morgan fingerprint density at radius 2 is 2.19 bits per heavy atom. The number of methoxy groups -OCH3 is 1. The second-order valence-corrected chi connectivity index (χ2v) is 7.15. The van der Waals surface area contributed by atoms with Gasteiger partial charge in [0.05, 0.1) is 13.2 Å². The molecule has 0 saturated carbocycles. The Balaban J connectivity index is 1.31. The second kappa shape index (κ2) is 7.46. The molecule has 4 rings (SSSR count). The number of benzene rings is 1. The Kier molecular flexibility index (Phi) is 4.87. The van der Waals surface area contributed by atoms with E-state index in [1.807, 2.05) is 30.0 Å². The summed E-state index contributed by atoms with van der Waals surface area (Å²) in [7, 11) is 1.64. The number of carbonyl (C=O) groups is 1. The van der Waals surface area contributed by atoms with Crippen molar-refractivity contribution < 1.29 is 14.3 Å². The zero-order valence-electron chi connectivity index (χ0n) is 15.7. The molecule has 1 aromatic heterocycles. The number of piperidine rings is 1. The molecule has 144 valence electrons. The molecule has 1 fully saturated rings. The number of nitrogens with one attached hydrogen (secondary N) is 2. The summed E-state index contributed by atoms with van der Waals surface area (Å²) >= 11 is 0. The van der Waals surface area contributed by atoms with Gasteiger partial charge in [-0.1, -0.05) is 12.1 Å². The van der Waals surface area contributed by atoms with E-state index in [0.717, 1.165) is 48.0 Å². The molecule has 1 saturated heterocycles. The molecule has 8 nitrogen and oxygen atoms in total. The number of carbonyl (C=O) groups excluding carboxylic acids is 1. The molecule has 0 spiro atoms. The monoisotopic (exact) mass is 371 g/mol. The summed E-state index contributed by atoms with van der Waals surface area (Å²) in [5.41, 5.74) is 1.06. The molecule has 2 aliphatic rings. The van der Waals surface area contributed by atoms with Crippen molar-refractivity contribution in [2.75, 3.05) is 26.8 Å². The number of H-pyrrole nitrogens is 1. The lowest BCUT2D eigenvalue weighted by Gasteiger charge is -2.33. The molecule has 0 unspecified atom stereocenters. The number of aromatic nitrogens is 3. The number of rotatable bonds is 3. The smallest absolute Gasteiger partial charge is 0.317 e. The van der Waals surface area contributed by atoms with Crippen molar-refractivity contribution >= 4 is 6.03 Å². The minimum Gasteiger partial charge on any atom is -0.493 e. The first kappa shape index (κ1) is 17.6. The molecule has 2 N–H and O–H groups in total. The van der Waals surface area contributed by atoms with E-state index in [2.05, 4.69) is 20.5 Å². The number of hydrogen-bond donors (Lipinski definition) is 2. The van der Waals surface area contributed by atoms with Crippen LogP contribution in [0, 0.1) is 6.92 Å². The molecule has 2 amide bonds. The van der Waals surface area contributed by atoms with Crippen LogP contribution in [0.2, 0.25) is 0 Å². The van der Waals surface area contributed by atoms with Gasteiger partial charge in [0.25, 0.3) is 0 Å². The number of para-hydroxylation sites is 1. The molecule has 8 heteroatoms. The number of ether oxygens (including phenoxy) is 2. The lowest BCUT2D eigenvalue weighted by molar-refractivity contribution is 0.166. The average molecular weight is 371 g/mol. The van der Waals surface area contributed by atoms with Gasteiger partial charge in [0.1, 0.15) is 12.4 Å². The normalized spacial score (nSPS) is 19.9. The number of nitrogens with zero attached hydrogens (tertiary/aromatic N) is 3. The summed E-state index contributed by atoms with van der Waals surface area (Å²) in [5.74, 6) is 3.53. The highest BCUT2D eigenvalue weighted by Gasteiger charge is 2.29. The number of aromatic amines is 1. The third-order valence-corrected chi connectivity index (χ3v) is 5.26. The molecule has 0 aliphatic carbocycles. The van der Waals surface area contributed by atoms with E-state index in [0.29, 0.717) is 25.6 Å². The standard InChI is InChI=1S/C19H25N5O3/c1-12-20-18(23-22-12)13-6-8-24(9-7-13)19(25)21-15-10-14-4-3-5-16(26-2)17(14)27-11-15/h3-5,13,15H,6-11H2,1-2H3,(H,21,25)(H,20,22,23)/t15-/m0/s1. The molecular formula is C19H25N5O3. The number of fused-ring (bicyclic) bond motifs is 1. The zero-order chi connectivity index (χ0) is 18.8. The fraction of sp³-hybridized carbons (Fsp3) is 0.526. The van der Waals surface area contributed by atoms with E-state index >= 15 is 0 Å². The SMILES string of the molecule is COc1cccc2c1OC[C@@H](NC(=O)N1CCC(c3n[nH]c(C)n3)CC1)C2. The summed E-state index contributed by atoms with van der Waals surface area (Å²) in [6, 6.07) is 5.78. The Bertz CT molecular complexity index is 813. The highest BCUT2D eigenvalue weighted by atomic mass is 16.5. The molecule has 0 bridgehead atoms. The molecule has 1 aromatic carbocycles. The summed E-state index contributed by atoms with van der Waals surface area (Å²) in [5, 5.41) is 10.3. The summed E-state index contributed by atoms with van der Waals surface area (Å²) < 4.78 is 11.2. The first-order valence-corrected chi connectivity index (χ1v) is 9.37. The van der Waals surface area contributed by atoms with E-state index in [4.69, 9.17) is 9.47 Å². The van der Waals surface area contributed by atoms with Crippen molar-refractivity contribution in [2.24, 2.45) is 0 Å². The van der Waals surface area contributed by atoms with Gasteiger partial charge in [0, 0.05) is 24.6 Å². The maximum atomic E-state index is 12.6. The zero-order valence-corrected chi connectivity index (χ0v) is 15.7. The molecule has 0 radical (unpaired) electrons. The Morgan fingerprint density at radius 1 is 1.37 bits per heavy atom. The molecular weight excluding hydrogens is 346 g/mol. The van der Waals surface area contributed by atoms with Crippen molar-refractivity contribution in [1.29, 1.82) is 0 Å². The van der Waals surface area contributed by atoms with Crippen LogP contribution in [0.4, 0.5) is 4.79 Å². The van der Waals surface area contributed by atoms with Gasteiger partial charge in [-0.25, -0.2) is 9.78 Å². The molecule has 1 atom stereocenters. The fourth-order valence-corrected chi connectivity index (χ4v) is 3.80. The highest BCUT2D eigenvalue weighted by Crippen LogP contribution is 2.34. The molecule has 27 heavy (non-hydrogen) atoms. The lowest BCUT2D eigenvalue weighted by atomic mass is 9.96. The van der Waals surface area contributed by atoms with Crippen LogP contribution in [0.1, 0.15) is 36.0 Å². The maximum Gasteiger partial charge on any atom is 0.317 e. The molecule has 2 aliphatic heterocycles. The van der Waals surface area contributed by atoms with Gasteiger partial charge in [-0.15, -0.1) is 0 Å². The van der Waals surface area contributed by atoms with E-state index in [1.165, 1.54) is 0 Å². The maximum absolute atomic E-state index is 12.6. The Morgan fingerprint density at radius 3 is 2.89 bits per heavy atom. The number of urea groups is 1. The number of aryl methyl sites for hydroxylation is 1. The van der Waals surface area contributed by atoms with Gasteiger partial charge in [-0.3, -0.25) is 5.10 Å². The third-order valence-electron chi connectivity index (χ3n) is 5.26. The van der Waals surface area contributed by atoms with Crippen LogP contribution in [0.25, 0.3) is 0 Å². The van der Waals surface area contributed by atoms with Gasteiger partial charge in [-0.05, 0) is 32.3 Å². The minimum atomic E-state index is -0.0366. The quantitative estimate of drug-likeness (QED) is 0.861. The van der Waals surface area contributed by atoms with Crippen LogP contribution in [-0.2, 0) is 6.42 Å². The predicted octanol–water partition coefficient (Wildman–Crippen LogP) is 2.01. The number of likely N-dealkylation sites (tertiary alicyclic amines) is 1. The third kappa shape index (κ3) is 3.70. The highest BCUT2D eigenvalue weighted by molar-refractivity contribution is 5.74. The van der Waals surface area contributed by atoms with Crippen LogP contribution < -0.4 is 14.8 Å². The van der Waals surface area contributed by atoms with Crippen LogP contribution >= 0.6 is 0 Å².